The van der Waals surface area contributed by atoms with Crippen molar-refractivity contribution in [2.45, 2.75) is 12.8 Å². The molecule has 0 saturated heterocycles. The maximum atomic E-state index is 9.26. The first-order valence-corrected chi connectivity index (χ1v) is 10.8. The third kappa shape index (κ3) is 5.46. The molecular weight excluding hydrogens is 458 g/mol. The van der Waals surface area contributed by atoms with Gasteiger partial charge in [-0.2, -0.15) is 5.26 Å². The van der Waals surface area contributed by atoms with E-state index in [9.17, 15) is 5.26 Å². The molecule has 0 radical (unpaired) electrons. The van der Waals surface area contributed by atoms with Gasteiger partial charge >= 0.3 is 0 Å². The fourth-order valence-electron chi connectivity index (χ4n) is 3.45. The van der Waals surface area contributed by atoms with E-state index < -0.39 is 6.35 Å². The van der Waals surface area contributed by atoms with Crippen molar-refractivity contribution < 1.29 is 9.47 Å². The smallest absolute Gasteiger partial charge is 0.286 e. The molecule has 0 aliphatic carbocycles. The van der Waals surface area contributed by atoms with Crippen LogP contribution in [0.1, 0.15) is 11.1 Å². The molecule has 1 aliphatic heterocycles. The number of guanidine groups is 1. The van der Waals surface area contributed by atoms with Crippen molar-refractivity contribution in [3.8, 4) is 17.6 Å². The van der Waals surface area contributed by atoms with Gasteiger partial charge in [0.1, 0.15) is 17.2 Å². The van der Waals surface area contributed by atoms with Gasteiger partial charge in [-0.15, -0.1) is 0 Å². The number of anilines is 1. The normalized spacial score (nSPS) is 15.1. The molecule has 0 aromatic heterocycles. The average molecular weight is 484 g/mol. The van der Waals surface area contributed by atoms with Gasteiger partial charge in [-0.3, -0.25) is 0 Å². The second-order valence-corrected chi connectivity index (χ2v) is 7.81. The number of nitrogen functional groups attached to an aromatic ring is 1. The molecule has 1 unspecified atom stereocenters. The van der Waals surface area contributed by atoms with Crippen LogP contribution in [0.5, 0.6) is 11.5 Å². The molecule has 1 heterocycles. The molecule has 0 fully saturated rings. The summed E-state index contributed by atoms with van der Waals surface area (Å²) in [7, 11) is 0. The van der Waals surface area contributed by atoms with Gasteiger partial charge in [-0.25, -0.2) is 20.8 Å². The minimum atomic E-state index is -1.08. The number of hydrogen-bond donors (Lipinski definition) is 5. The van der Waals surface area contributed by atoms with Crippen molar-refractivity contribution in [1.29, 1.82) is 5.26 Å². The molecule has 0 spiro atoms. The molecule has 4 rings (SSSR count). The Balaban J connectivity index is 1.71. The quantitative estimate of drug-likeness (QED) is 0.144. The van der Waals surface area contributed by atoms with Crippen LogP contribution in [-0.4, -0.2) is 23.0 Å². The summed E-state index contributed by atoms with van der Waals surface area (Å²) in [5, 5.41) is 10.4. The van der Waals surface area contributed by atoms with Crippen molar-refractivity contribution in [1.82, 2.24) is 5.01 Å². The van der Waals surface area contributed by atoms with Crippen LogP contribution in [-0.2, 0) is 6.42 Å². The van der Waals surface area contributed by atoms with Crippen LogP contribution in [0.2, 0.25) is 0 Å². The number of nitrogens with zero attached hydrogens (tertiary/aromatic N) is 4. The molecule has 1 atom stereocenters. The Kier molecular flexibility index (Phi) is 6.90. The van der Waals surface area contributed by atoms with Crippen molar-refractivity contribution in [2.75, 3.05) is 5.73 Å². The predicted molar refractivity (Wildman–Crippen MR) is 137 cm³/mol. The summed E-state index contributed by atoms with van der Waals surface area (Å²) in [5.41, 5.74) is 26.4. The van der Waals surface area contributed by atoms with E-state index >= 15 is 0 Å². The van der Waals surface area contributed by atoms with Crippen molar-refractivity contribution in [2.24, 2.45) is 33.0 Å². The number of rotatable bonds is 7. The molecule has 36 heavy (non-hydrogen) atoms. The number of benzene rings is 3. The highest BCUT2D eigenvalue weighted by Gasteiger charge is 2.31. The fourth-order valence-corrected chi connectivity index (χ4v) is 3.45. The zero-order valence-corrected chi connectivity index (χ0v) is 19.2. The molecule has 1 aliphatic rings. The summed E-state index contributed by atoms with van der Waals surface area (Å²) >= 11 is 0. The first-order chi connectivity index (χ1) is 17.3. The molecule has 3 aromatic rings. The van der Waals surface area contributed by atoms with Gasteiger partial charge < -0.3 is 32.4 Å². The van der Waals surface area contributed by atoms with Crippen LogP contribution in [0.3, 0.4) is 0 Å². The fraction of sp³-hybridized carbons (Fsp3) is 0.0800. The van der Waals surface area contributed by atoms with Gasteiger partial charge in [0.05, 0.1) is 28.7 Å². The second-order valence-electron chi connectivity index (χ2n) is 7.81. The Morgan fingerprint density at radius 1 is 1.03 bits per heavy atom. The van der Waals surface area contributed by atoms with E-state index in [0.717, 1.165) is 10.6 Å². The van der Waals surface area contributed by atoms with E-state index in [1.165, 1.54) is 6.07 Å². The van der Waals surface area contributed by atoms with Gasteiger partial charge in [0.2, 0.25) is 5.88 Å². The highest BCUT2D eigenvalue weighted by molar-refractivity contribution is 6.01. The Hall–Kier alpha value is -5.21. The molecule has 0 saturated carbocycles. The third-order valence-corrected chi connectivity index (χ3v) is 5.16. The highest BCUT2D eigenvalue weighted by atomic mass is 16.5. The molecule has 11 heteroatoms. The van der Waals surface area contributed by atoms with Crippen LogP contribution in [0, 0.1) is 11.3 Å². The van der Waals surface area contributed by atoms with E-state index in [1.807, 2.05) is 30.3 Å². The summed E-state index contributed by atoms with van der Waals surface area (Å²) in [5.74, 6) is 7.02. The van der Waals surface area contributed by atoms with Crippen LogP contribution >= 0.6 is 0 Å². The summed E-state index contributed by atoms with van der Waals surface area (Å²) < 4.78 is 12.1. The van der Waals surface area contributed by atoms with E-state index in [-0.39, 0.29) is 23.3 Å². The molecule has 0 amide bonds. The molecule has 182 valence electrons. The zero-order chi connectivity index (χ0) is 25.7. The minimum absolute atomic E-state index is 0.0908. The predicted octanol–water partition coefficient (Wildman–Crippen LogP) is 1.79. The first kappa shape index (κ1) is 23.9. The Bertz CT molecular complexity index is 1390. The molecular formula is C25H25N9O2. The molecule has 11 nitrogen and oxygen atoms in total. The van der Waals surface area contributed by atoms with E-state index in [4.69, 9.17) is 38.3 Å². The van der Waals surface area contributed by atoms with E-state index in [2.05, 4.69) is 16.1 Å². The SMILES string of the molecule is N#Cc1ccc(N)c(OC2N=C(Cc3ccccc3)C(N)=C(Oc3cccc(N=C(N)N)c3)N2N)c1. The molecule has 0 bridgehead atoms. The van der Waals surface area contributed by atoms with Gasteiger partial charge in [0.15, 0.2) is 5.96 Å². The largest absolute Gasteiger partial charge is 0.447 e. The van der Waals surface area contributed by atoms with E-state index in [0.29, 0.717) is 34.8 Å². The van der Waals surface area contributed by atoms with E-state index in [1.54, 1.807) is 36.4 Å². The maximum absolute atomic E-state index is 9.26. The van der Waals surface area contributed by atoms with Crippen molar-refractivity contribution in [3.63, 3.8) is 0 Å². The van der Waals surface area contributed by atoms with Gasteiger partial charge in [-0.1, -0.05) is 36.4 Å². The lowest BCUT2D eigenvalue weighted by molar-refractivity contribution is 0.0231. The lowest BCUT2D eigenvalue weighted by Crippen LogP contribution is -2.49. The summed E-state index contributed by atoms with van der Waals surface area (Å²) in [6.45, 7) is 0. The van der Waals surface area contributed by atoms with Crippen molar-refractivity contribution in [3.05, 3.63) is 95.5 Å². The van der Waals surface area contributed by atoms with Crippen LogP contribution in [0.4, 0.5) is 11.4 Å². The Morgan fingerprint density at radius 3 is 2.53 bits per heavy atom. The zero-order valence-electron chi connectivity index (χ0n) is 19.2. The lowest BCUT2D eigenvalue weighted by Gasteiger charge is -2.33. The Labute approximate surface area is 207 Å². The average Bonchev–Trinajstić information content (AvgIpc) is 2.86. The van der Waals surface area contributed by atoms with Crippen molar-refractivity contribution >= 4 is 23.0 Å². The number of hydrazine groups is 1. The number of hydrogen-bond acceptors (Lipinski definition) is 9. The first-order valence-electron chi connectivity index (χ1n) is 10.8. The number of nitriles is 1. The standard InChI is InChI=1S/C25H25N9O2/c26-14-16-9-10-19(27)21(12-16)36-25-33-20(11-15-5-2-1-3-6-15)22(28)23(34(25)31)35-18-8-4-7-17(13-18)32-24(29)30/h1-10,12-13,25H,11,27-28,31H2,(H4,29,30,32). The van der Waals surface area contributed by atoms with Gasteiger partial charge in [0.25, 0.3) is 6.35 Å². The summed E-state index contributed by atoms with van der Waals surface area (Å²) in [6, 6.07) is 23.1. The van der Waals surface area contributed by atoms with Crippen LogP contribution in [0.25, 0.3) is 0 Å². The maximum Gasteiger partial charge on any atom is 0.286 e. The number of ether oxygens (including phenoxy) is 2. The number of nitrogens with two attached hydrogens (primary N) is 5. The lowest BCUT2D eigenvalue weighted by atomic mass is 10.1. The van der Waals surface area contributed by atoms with Crippen LogP contribution < -0.4 is 38.3 Å². The monoisotopic (exact) mass is 483 g/mol. The van der Waals surface area contributed by atoms with Gasteiger partial charge in [0, 0.05) is 18.6 Å². The second kappa shape index (κ2) is 10.4. The van der Waals surface area contributed by atoms with Crippen LogP contribution in [0.15, 0.2) is 94.4 Å². The number of allylic oxidation sites excluding steroid dienone is 1. The van der Waals surface area contributed by atoms with Gasteiger partial charge in [-0.05, 0) is 29.8 Å². The summed E-state index contributed by atoms with van der Waals surface area (Å²) in [6.07, 6.45) is -0.683. The third-order valence-electron chi connectivity index (χ3n) is 5.16. The number of aliphatic imine (C=N–C) groups is 2. The summed E-state index contributed by atoms with van der Waals surface area (Å²) in [4.78, 5) is 8.65. The minimum Gasteiger partial charge on any atom is -0.447 e. The highest BCUT2D eigenvalue weighted by Crippen LogP contribution is 2.29. The topological polar surface area (TPSA) is 200 Å². The Morgan fingerprint density at radius 2 is 1.81 bits per heavy atom. The molecule has 3 aromatic carbocycles. The molecule has 10 N–H and O–H groups in total.